The van der Waals surface area contributed by atoms with Gasteiger partial charge in [-0.1, -0.05) is 0 Å². The molecule has 0 aromatic rings. The summed E-state index contributed by atoms with van der Waals surface area (Å²) >= 11 is 0. The van der Waals surface area contributed by atoms with Gasteiger partial charge in [0.25, 0.3) is 0 Å². The zero-order valence-electron chi connectivity index (χ0n) is 8.55. The quantitative estimate of drug-likeness (QED) is 0.629. The molecule has 0 aliphatic carbocycles. The van der Waals surface area contributed by atoms with Gasteiger partial charge in [-0.15, -0.1) is 0 Å². The minimum Gasteiger partial charge on any atom is -0.380 e. The summed E-state index contributed by atoms with van der Waals surface area (Å²) in [5.41, 5.74) is -0.0999. The van der Waals surface area contributed by atoms with Crippen LogP contribution in [0.15, 0.2) is 0 Å². The summed E-state index contributed by atoms with van der Waals surface area (Å²) in [5, 5.41) is 5.48. The van der Waals surface area contributed by atoms with E-state index in [0.717, 1.165) is 0 Å². The first-order chi connectivity index (χ1) is 6.54. The molecule has 1 aliphatic rings. The van der Waals surface area contributed by atoms with Crippen LogP contribution < -0.4 is 10.6 Å². The first-order valence-corrected chi connectivity index (χ1v) is 4.61. The SMILES string of the molecule is CC(=O)NCC1(CNC(C)=O)COC1. The maximum absolute atomic E-state index is 10.7. The van der Waals surface area contributed by atoms with Crippen LogP contribution in [0.25, 0.3) is 0 Å². The Bertz CT molecular complexity index is 216. The molecule has 2 amide bonds. The van der Waals surface area contributed by atoms with Gasteiger partial charge in [0, 0.05) is 26.9 Å². The number of ether oxygens (including phenoxy) is 1. The Morgan fingerprint density at radius 2 is 1.57 bits per heavy atom. The molecule has 0 saturated carbocycles. The van der Waals surface area contributed by atoms with E-state index in [9.17, 15) is 9.59 Å². The Morgan fingerprint density at radius 1 is 1.14 bits per heavy atom. The number of amides is 2. The topological polar surface area (TPSA) is 67.4 Å². The molecule has 1 rings (SSSR count). The van der Waals surface area contributed by atoms with Gasteiger partial charge < -0.3 is 15.4 Å². The molecule has 1 aliphatic heterocycles. The molecule has 0 aromatic heterocycles. The van der Waals surface area contributed by atoms with E-state index in [1.807, 2.05) is 0 Å². The third kappa shape index (κ3) is 2.99. The van der Waals surface area contributed by atoms with Gasteiger partial charge in [0.05, 0.1) is 18.6 Å². The van der Waals surface area contributed by atoms with Crippen molar-refractivity contribution in [1.82, 2.24) is 10.6 Å². The summed E-state index contributed by atoms with van der Waals surface area (Å²) in [7, 11) is 0. The number of carbonyl (C=O) groups is 2. The second kappa shape index (κ2) is 4.41. The van der Waals surface area contributed by atoms with E-state index in [-0.39, 0.29) is 17.2 Å². The molecule has 0 aromatic carbocycles. The van der Waals surface area contributed by atoms with Crippen molar-refractivity contribution in [2.45, 2.75) is 13.8 Å². The average Bonchev–Trinajstić information content (AvgIpc) is 2.01. The van der Waals surface area contributed by atoms with Crippen molar-refractivity contribution in [2.75, 3.05) is 26.3 Å². The molecule has 0 bridgehead atoms. The zero-order chi connectivity index (χ0) is 10.6. The van der Waals surface area contributed by atoms with E-state index < -0.39 is 0 Å². The van der Waals surface area contributed by atoms with Crippen molar-refractivity contribution in [2.24, 2.45) is 5.41 Å². The van der Waals surface area contributed by atoms with Crippen LogP contribution in [0.2, 0.25) is 0 Å². The second-order valence-electron chi connectivity index (χ2n) is 3.81. The number of hydrogen-bond acceptors (Lipinski definition) is 3. The summed E-state index contributed by atoms with van der Waals surface area (Å²) in [4.78, 5) is 21.5. The molecule has 1 heterocycles. The van der Waals surface area contributed by atoms with E-state index in [0.29, 0.717) is 26.3 Å². The lowest BCUT2D eigenvalue weighted by atomic mass is 9.85. The van der Waals surface area contributed by atoms with Crippen molar-refractivity contribution in [1.29, 1.82) is 0 Å². The second-order valence-corrected chi connectivity index (χ2v) is 3.81. The zero-order valence-corrected chi connectivity index (χ0v) is 8.55. The van der Waals surface area contributed by atoms with E-state index >= 15 is 0 Å². The van der Waals surface area contributed by atoms with Crippen LogP contribution >= 0.6 is 0 Å². The minimum absolute atomic E-state index is 0.0564. The van der Waals surface area contributed by atoms with E-state index in [1.54, 1.807) is 0 Å². The van der Waals surface area contributed by atoms with E-state index in [2.05, 4.69) is 10.6 Å². The molecule has 14 heavy (non-hydrogen) atoms. The number of rotatable bonds is 4. The van der Waals surface area contributed by atoms with Crippen molar-refractivity contribution in [3.63, 3.8) is 0 Å². The third-order valence-electron chi connectivity index (χ3n) is 2.24. The van der Waals surface area contributed by atoms with Crippen molar-refractivity contribution < 1.29 is 14.3 Å². The normalized spacial score (nSPS) is 18.1. The first kappa shape index (κ1) is 11.0. The van der Waals surface area contributed by atoms with Gasteiger partial charge in [0.1, 0.15) is 0 Å². The predicted octanol–water partition coefficient (Wildman–Crippen LogP) is -0.725. The summed E-state index contributed by atoms with van der Waals surface area (Å²) in [6.45, 7) is 5.25. The van der Waals surface area contributed by atoms with Crippen LogP contribution in [-0.4, -0.2) is 38.1 Å². The minimum atomic E-state index is -0.0999. The fraction of sp³-hybridized carbons (Fsp3) is 0.778. The van der Waals surface area contributed by atoms with E-state index in [1.165, 1.54) is 13.8 Å². The standard InChI is InChI=1S/C9H16N2O3/c1-7(12)10-3-9(5-14-6-9)4-11-8(2)13/h3-6H2,1-2H3,(H,10,12)(H,11,13). The van der Waals surface area contributed by atoms with Crippen LogP contribution in [0, 0.1) is 5.41 Å². The van der Waals surface area contributed by atoms with Crippen LogP contribution in [0.3, 0.4) is 0 Å². The monoisotopic (exact) mass is 200 g/mol. The van der Waals surface area contributed by atoms with Crippen LogP contribution in [0.4, 0.5) is 0 Å². The van der Waals surface area contributed by atoms with Crippen LogP contribution in [-0.2, 0) is 14.3 Å². The maximum atomic E-state index is 10.7. The molecule has 5 nitrogen and oxygen atoms in total. The molecule has 5 heteroatoms. The summed E-state index contributed by atoms with van der Waals surface area (Å²) < 4.78 is 5.10. The van der Waals surface area contributed by atoms with Gasteiger partial charge in [-0.25, -0.2) is 0 Å². The summed E-state index contributed by atoms with van der Waals surface area (Å²) in [5.74, 6) is -0.113. The summed E-state index contributed by atoms with van der Waals surface area (Å²) in [6, 6.07) is 0. The Kier molecular flexibility index (Phi) is 3.46. The Balaban J connectivity index is 2.33. The Labute approximate surface area is 83.2 Å². The average molecular weight is 200 g/mol. The number of hydrogen-bond donors (Lipinski definition) is 2. The maximum Gasteiger partial charge on any atom is 0.216 e. The molecule has 2 N–H and O–H groups in total. The molecule has 0 spiro atoms. The molecular formula is C9H16N2O3. The molecule has 80 valence electrons. The van der Waals surface area contributed by atoms with Gasteiger partial charge in [-0.05, 0) is 0 Å². The third-order valence-corrected chi connectivity index (χ3v) is 2.24. The van der Waals surface area contributed by atoms with Gasteiger partial charge in [-0.2, -0.15) is 0 Å². The molecule has 0 unspecified atom stereocenters. The Hall–Kier alpha value is -1.10. The van der Waals surface area contributed by atoms with Crippen molar-refractivity contribution in [3.05, 3.63) is 0 Å². The van der Waals surface area contributed by atoms with Crippen LogP contribution in [0.1, 0.15) is 13.8 Å². The highest BCUT2D eigenvalue weighted by Gasteiger charge is 2.38. The smallest absolute Gasteiger partial charge is 0.216 e. The fourth-order valence-electron chi connectivity index (χ4n) is 1.28. The number of nitrogens with one attached hydrogen (secondary N) is 2. The lowest BCUT2D eigenvalue weighted by molar-refractivity contribution is -0.131. The first-order valence-electron chi connectivity index (χ1n) is 4.61. The molecular weight excluding hydrogens is 184 g/mol. The molecule has 1 fully saturated rings. The van der Waals surface area contributed by atoms with E-state index in [4.69, 9.17) is 4.74 Å². The van der Waals surface area contributed by atoms with Gasteiger partial charge in [0.2, 0.25) is 11.8 Å². The number of carbonyl (C=O) groups excluding carboxylic acids is 2. The van der Waals surface area contributed by atoms with Crippen molar-refractivity contribution in [3.8, 4) is 0 Å². The predicted molar refractivity (Wildman–Crippen MR) is 50.6 cm³/mol. The van der Waals surface area contributed by atoms with Crippen molar-refractivity contribution >= 4 is 11.8 Å². The Morgan fingerprint density at radius 3 is 1.79 bits per heavy atom. The highest BCUT2D eigenvalue weighted by Crippen LogP contribution is 2.25. The largest absolute Gasteiger partial charge is 0.380 e. The van der Waals surface area contributed by atoms with Gasteiger partial charge in [0.15, 0.2) is 0 Å². The summed E-state index contributed by atoms with van der Waals surface area (Å²) in [6.07, 6.45) is 0. The van der Waals surface area contributed by atoms with Gasteiger partial charge in [-0.3, -0.25) is 9.59 Å². The van der Waals surface area contributed by atoms with Gasteiger partial charge >= 0.3 is 0 Å². The molecule has 0 radical (unpaired) electrons. The molecule has 1 saturated heterocycles. The lowest BCUT2D eigenvalue weighted by Crippen LogP contribution is -2.56. The lowest BCUT2D eigenvalue weighted by Gasteiger charge is -2.41. The van der Waals surface area contributed by atoms with Crippen LogP contribution in [0.5, 0.6) is 0 Å². The molecule has 0 atom stereocenters. The highest BCUT2D eigenvalue weighted by atomic mass is 16.5. The highest BCUT2D eigenvalue weighted by molar-refractivity contribution is 5.73. The fourth-order valence-corrected chi connectivity index (χ4v) is 1.28.